The quantitative estimate of drug-likeness (QED) is 0.835. The van der Waals surface area contributed by atoms with Crippen LogP contribution in [0.4, 0.5) is 0 Å². The van der Waals surface area contributed by atoms with E-state index < -0.39 is 0 Å². The van der Waals surface area contributed by atoms with Crippen LogP contribution < -0.4 is 5.32 Å². The molecule has 0 radical (unpaired) electrons. The molecule has 1 atom stereocenters. The molecule has 1 amide bonds. The molecule has 0 saturated carbocycles. The summed E-state index contributed by atoms with van der Waals surface area (Å²) in [5, 5.41) is 2.96. The second-order valence-electron chi connectivity index (χ2n) is 4.83. The van der Waals surface area contributed by atoms with Crippen molar-refractivity contribution in [3.8, 4) is 0 Å². The van der Waals surface area contributed by atoms with Crippen molar-refractivity contribution >= 4 is 12.0 Å². The van der Waals surface area contributed by atoms with Crippen LogP contribution in [-0.4, -0.2) is 5.91 Å². The van der Waals surface area contributed by atoms with Gasteiger partial charge in [0.25, 0.3) is 0 Å². The van der Waals surface area contributed by atoms with Crippen LogP contribution >= 0.6 is 0 Å². The highest BCUT2D eigenvalue weighted by Gasteiger charge is 2.06. The zero-order chi connectivity index (χ0) is 14.4. The predicted octanol–water partition coefficient (Wildman–Crippen LogP) is 3.89. The summed E-state index contributed by atoms with van der Waals surface area (Å²) >= 11 is 0. The van der Waals surface area contributed by atoms with E-state index in [9.17, 15) is 4.79 Å². The summed E-state index contributed by atoms with van der Waals surface area (Å²) in [7, 11) is 0. The first-order chi connectivity index (χ1) is 9.66. The molecule has 0 aromatic heterocycles. The molecule has 2 rings (SSSR count). The Morgan fingerprint density at radius 2 is 1.70 bits per heavy atom. The van der Waals surface area contributed by atoms with Crippen molar-refractivity contribution in [2.75, 3.05) is 0 Å². The number of carbonyl (C=O) groups excluding carboxylic acids is 1. The highest BCUT2D eigenvalue weighted by Crippen LogP contribution is 2.12. The number of amides is 1. The third-order valence-corrected chi connectivity index (χ3v) is 3.26. The molecule has 20 heavy (non-hydrogen) atoms. The zero-order valence-corrected chi connectivity index (χ0v) is 11.8. The number of aryl methyl sites for hydroxylation is 1. The van der Waals surface area contributed by atoms with E-state index >= 15 is 0 Å². The fraction of sp³-hybridized carbons (Fsp3) is 0.167. The SMILES string of the molecule is Cc1ccccc1/C=C/C(=O)N[C@@H](C)c1ccccc1. The third-order valence-electron chi connectivity index (χ3n) is 3.26. The Hall–Kier alpha value is -2.35. The summed E-state index contributed by atoms with van der Waals surface area (Å²) in [6.45, 7) is 4.01. The van der Waals surface area contributed by atoms with E-state index in [0.717, 1.165) is 16.7 Å². The van der Waals surface area contributed by atoms with Crippen molar-refractivity contribution in [2.24, 2.45) is 0 Å². The Labute approximate surface area is 120 Å². The number of hydrogen-bond donors (Lipinski definition) is 1. The van der Waals surface area contributed by atoms with Crippen LogP contribution in [0, 0.1) is 6.92 Å². The highest BCUT2D eigenvalue weighted by molar-refractivity contribution is 5.92. The Bertz CT molecular complexity index is 602. The van der Waals surface area contributed by atoms with E-state index in [-0.39, 0.29) is 11.9 Å². The van der Waals surface area contributed by atoms with Crippen LogP contribution in [0.1, 0.15) is 29.7 Å². The van der Waals surface area contributed by atoms with Gasteiger partial charge < -0.3 is 5.32 Å². The van der Waals surface area contributed by atoms with E-state index in [2.05, 4.69) is 5.32 Å². The summed E-state index contributed by atoms with van der Waals surface area (Å²) < 4.78 is 0. The van der Waals surface area contributed by atoms with E-state index in [4.69, 9.17) is 0 Å². The van der Waals surface area contributed by atoms with Crippen LogP contribution in [0.15, 0.2) is 60.7 Å². The summed E-state index contributed by atoms with van der Waals surface area (Å²) in [6.07, 6.45) is 3.43. The topological polar surface area (TPSA) is 29.1 Å². The van der Waals surface area contributed by atoms with E-state index in [1.165, 1.54) is 0 Å². The Kier molecular flexibility index (Phi) is 4.72. The first kappa shape index (κ1) is 14.1. The van der Waals surface area contributed by atoms with Gasteiger partial charge in [0.15, 0.2) is 0 Å². The molecule has 0 fully saturated rings. The molecule has 0 unspecified atom stereocenters. The second-order valence-corrected chi connectivity index (χ2v) is 4.83. The first-order valence-corrected chi connectivity index (χ1v) is 6.76. The van der Waals surface area contributed by atoms with Crippen molar-refractivity contribution in [3.05, 3.63) is 77.4 Å². The fourth-order valence-corrected chi connectivity index (χ4v) is 2.03. The number of rotatable bonds is 4. The lowest BCUT2D eigenvalue weighted by atomic mass is 10.1. The van der Waals surface area contributed by atoms with Gasteiger partial charge in [0.05, 0.1) is 6.04 Å². The average molecular weight is 265 g/mol. The molecule has 0 saturated heterocycles. The molecule has 2 aromatic carbocycles. The molecule has 0 aliphatic rings. The van der Waals surface area contributed by atoms with Crippen LogP contribution in [0.5, 0.6) is 0 Å². The standard InChI is InChI=1S/C18H19NO/c1-14-8-6-7-9-16(14)12-13-18(20)19-15(2)17-10-4-3-5-11-17/h3-13,15H,1-2H3,(H,19,20)/b13-12+/t15-/m0/s1. The van der Waals surface area contributed by atoms with Crippen molar-refractivity contribution in [3.63, 3.8) is 0 Å². The summed E-state index contributed by atoms with van der Waals surface area (Å²) in [5.74, 6) is -0.0791. The van der Waals surface area contributed by atoms with Crippen molar-refractivity contribution in [2.45, 2.75) is 19.9 Å². The summed E-state index contributed by atoms with van der Waals surface area (Å²) in [5.41, 5.74) is 3.33. The monoisotopic (exact) mass is 265 g/mol. The van der Waals surface area contributed by atoms with Gasteiger partial charge in [-0.1, -0.05) is 54.6 Å². The van der Waals surface area contributed by atoms with Gasteiger partial charge in [0.1, 0.15) is 0 Å². The Morgan fingerprint density at radius 1 is 1.05 bits per heavy atom. The van der Waals surface area contributed by atoms with Crippen LogP contribution in [-0.2, 0) is 4.79 Å². The normalized spacial score (nSPS) is 12.3. The van der Waals surface area contributed by atoms with Crippen LogP contribution in [0.2, 0.25) is 0 Å². The summed E-state index contributed by atoms with van der Waals surface area (Å²) in [4.78, 5) is 11.9. The maximum atomic E-state index is 11.9. The lowest BCUT2D eigenvalue weighted by molar-refractivity contribution is -0.117. The minimum Gasteiger partial charge on any atom is -0.346 e. The van der Waals surface area contributed by atoms with Crippen LogP contribution in [0.3, 0.4) is 0 Å². The molecule has 0 bridgehead atoms. The molecule has 2 aromatic rings. The van der Waals surface area contributed by atoms with E-state index in [0.29, 0.717) is 0 Å². The van der Waals surface area contributed by atoms with Crippen molar-refractivity contribution in [1.82, 2.24) is 5.32 Å². The van der Waals surface area contributed by atoms with Gasteiger partial charge in [-0.05, 0) is 36.6 Å². The molecule has 1 N–H and O–H groups in total. The van der Waals surface area contributed by atoms with E-state index in [1.807, 2.05) is 74.5 Å². The molecule has 102 valence electrons. The number of hydrogen-bond acceptors (Lipinski definition) is 1. The van der Waals surface area contributed by atoms with Crippen molar-refractivity contribution in [1.29, 1.82) is 0 Å². The van der Waals surface area contributed by atoms with Gasteiger partial charge in [-0.3, -0.25) is 4.79 Å². The largest absolute Gasteiger partial charge is 0.346 e. The van der Waals surface area contributed by atoms with Gasteiger partial charge >= 0.3 is 0 Å². The van der Waals surface area contributed by atoms with Crippen LogP contribution in [0.25, 0.3) is 6.08 Å². The highest BCUT2D eigenvalue weighted by atomic mass is 16.1. The molecule has 0 heterocycles. The Morgan fingerprint density at radius 3 is 2.40 bits per heavy atom. The molecule has 0 aliphatic heterocycles. The first-order valence-electron chi connectivity index (χ1n) is 6.76. The fourth-order valence-electron chi connectivity index (χ4n) is 2.03. The second kappa shape index (κ2) is 6.71. The molecule has 0 aliphatic carbocycles. The minimum absolute atomic E-state index is 0.00483. The third kappa shape index (κ3) is 3.82. The average Bonchev–Trinajstić information content (AvgIpc) is 2.47. The molecule has 0 spiro atoms. The Balaban J connectivity index is 1.98. The maximum absolute atomic E-state index is 11.9. The summed E-state index contributed by atoms with van der Waals surface area (Å²) in [6, 6.07) is 17.9. The predicted molar refractivity (Wildman–Crippen MR) is 83.2 cm³/mol. The molecular formula is C18H19NO. The lowest BCUT2D eigenvalue weighted by Crippen LogP contribution is -2.24. The number of benzene rings is 2. The number of carbonyl (C=O) groups is 1. The minimum atomic E-state index is -0.0791. The van der Waals surface area contributed by atoms with Gasteiger partial charge in [0, 0.05) is 6.08 Å². The van der Waals surface area contributed by atoms with Gasteiger partial charge in [0.2, 0.25) is 5.91 Å². The maximum Gasteiger partial charge on any atom is 0.244 e. The van der Waals surface area contributed by atoms with Gasteiger partial charge in [-0.25, -0.2) is 0 Å². The van der Waals surface area contributed by atoms with Crippen molar-refractivity contribution < 1.29 is 4.79 Å². The molecule has 2 nitrogen and oxygen atoms in total. The molecular weight excluding hydrogens is 246 g/mol. The smallest absolute Gasteiger partial charge is 0.244 e. The lowest BCUT2D eigenvalue weighted by Gasteiger charge is -2.12. The van der Waals surface area contributed by atoms with E-state index in [1.54, 1.807) is 6.08 Å². The zero-order valence-electron chi connectivity index (χ0n) is 11.8. The van der Waals surface area contributed by atoms with Gasteiger partial charge in [-0.2, -0.15) is 0 Å². The molecule has 2 heteroatoms. The number of nitrogens with one attached hydrogen (secondary N) is 1. The van der Waals surface area contributed by atoms with Gasteiger partial charge in [-0.15, -0.1) is 0 Å².